The van der Waals surface area contributed by atoms with Crippen molar-refractivity contribution in [1.82, 2.24) is 5.09 Å². The van der Waals surface area contributed by atoms with E-state index in [9.17, 15) is 0 Å². The summed E-state index contributed by atoms with van der Waals surface area (Å²) in [6, 6.07) is 0. The quantitative estimate of drug-likeness (QED) is 0.203. The molecule has 0 aliphatic carbocycles. The van der Waals surface area contributed by atoms with Gasteiger partial charge in [0, 0.05) is 9.76 Å². The number of nitrogens with one attached hydrogen (secondary N) is 1. The molecule has 0 rings (SSSR count). The molecule has 0 aromatic rings. The molecule has 26 valence electrons. The molecule has 4 heteroatoms. The third kappa shape index (κ3) is 2.35. The smallest absolute Gasteiger partial charge is 0.0906 e. The molecule has 0 radical (unpaired) electrons. The van der Waals surface area contributed by atoms with Gasteiger partial charge in [0.15, 0.2) is 0 Å². The molecule has 0 atom stereocenters. The highest BCUT2D eigenvalue weighted by atomic mass is 29.1. The standard InChI is InChI=1S/H8N2Si2/c1-2-4-3/h2H,1,4H2,3H3. The van der Waals surface area contributed by atoms with Gasteiger partial charge < -0.3 is 0 Å². The van der Waals surface area contributed by atoms with Gasteiger partial charge in [0.05, 0.1) is 9.20 Å². The first-order valence-electron chi connectivity index (χ1n) is 1.35. The largest absolute Gasteiger partial charge is 0.292 e. The Morgan fingerprint density at radius 2 is 2.25 bits per heavy atom. The third-order valence-corrected chi connectivity index (χ3v) is 1.84. The number of hydrogen-bond acceptors (Lipinski definition) is 2. The lowest BCUT2D eigenvalue weighted by Gasteiger charge is -1.75. The molecule has 0 amide bonds. The van der Waals surface area contributed by atoms with Crippen LogP contribution in [0.15, 0.2) is 0 Å². The first-order valence-corrected chi connectivity index (χ1v) is 7.71. The Bertz CT molecular complexity index is 6.00. The molecule has 0 heterocycles. The summed E-state index contributed by atoms with van der Waals surface area (Å²) in [5, 5.41) is 2.63. The van der Waals surface area contributed by atoms with Crippen molar-refractivity contribution in [1.29, 1.82) is 0 Å². The lowest BCUT2D eigenvalue weighted by molar-refractivity contribution is 1.09. The van der Waals surface area contributed by atoms with Crippen LogP contribution in [0.5, 0.6) is 0 Å². The van der Waals surface area contributed by atoms with E-state index in [0.717, 1.165) is 0 Å². The predicted octanol–water partition coefficient (Wildman–Crippen LogP) is -3.19. The van der Waals surface area contributed by atoms with E-state index in [-0.39, 0.29) is 9.20 Å². The molecule has 0 spiro atoms. The molecule has 0 fully saturated rings. The van der Waals surface area contributed by atoms with E-state index < -0.39 is 0 Å². The van der Waals surface area contributed by atoms with Crippen molar-refractivity contribution in [2.75, 3.05) is 0 Å². The highest BCUT2D eigenvalue weighted by molar-refractivity contribution is 6.87. The van der Waals surface area contributed by atoms with Gasteiger partial charge in [0.1, 0.15) is 0 Å². The minimum Gasteiger partial charge on any atom is -0.292 e. The maximum atomic E-state index is 4.87. The van der Waals surface area contributed by atoms with Crippen molar-refractivity contribution < 1.29 is 0 Å². The second kappa shape index (κ2) is 3.35. The molecule has 0 aromatic carbocycles. The van der Waals surface area contributed by atoms with Gasteiger partial charge in [-0.25, -0.2) is 0 Å². The van der Waals surface area contributed by atoms with Crippen LogP contribution >= 0.6 is 0 Å². The third-order valence-electron chi connectivity index (χ3n) is 0.204. The number of hydrogen-bond donors (Lipinski definition) is 2. The maximum Gasteiger partial charge on any atom is 0.0906 e. The van der Waals surface area contributed by atoms with E-state index in [1.807, 2.05) is 0 Å². The van der Waals surface area contributed by atoms with Crippen molar-refractivity contribution >= 4 is 19.0 Å². The molecular formula is H8N2Si2. The summed E-state index contributed by atoms with van der Waals surface area (Å²) in [5.41, 5.74) is 0. The van der Waals surface area contributed by atoms with E-state index in [4.69, 9.17) is 5.84 Å². The summed E-state index contributed by atoms with van der Waals surface area (Å²) in [4.78, 5) is 0. The van der Waals surface area contributed by atoms with E-state index in [1.54, 1.807) is 0 Å². The summed E-state index contributed by atoms with van der Waals surface area (Å²) >= 11 is 0. The fraction of sp³-hybridized carbons (Fsp3) is 0. The second-order valence-corrected chi connectivity index (χ2v) is 3.79. The Kier molecular flexibility index (Phi) is 3.65. The van der Waals surface area contributed by atoms with Gasteiger partial charge in [-0.05, 0) is 0 Å². The zero-order valence-corrected chi connectivity index (χ0v) is 6.20. The summed E-state index contributed by atoms with van der Waals surface area (Å²) < 4.78 is 0. The van der Waals surface area contributed by atoms with Crippen LogP contribution in [-0.2, 0) is 0 Å². The van der Waals surface area contributed by atoms with Crippen LogP contribution in [0.2, 0.25) is 0 Å². The van der Waals surface area contributed by atoms with Gasteiger partial charge in [-0.15, -0.1) is 0 Å². The lowest BCUT2D eigenvalue weighted by atomic mass is 13.0. The first kappa shape index (κ1) is 4.35. The molecule has 0 aromatic heterocycles. The summed E-state index contributed by atoms with van der Waals surface area (Å²) in [6.45, 7) is 0. The van der Waals surface area contributed by atoms with Crippen LogP contribution in [0.3, 0.4) is 0 Å². The van der Waals surface area contributed by atoms with Crippen molar-refractivity contribution in [2.45, 2.75) is 0 Å². The second-order valence-electron chi connectivity index (χ2n) is 0.558. The Hall–Kier alpha value is 0.354. The van der Waals surface area contributed by atoms with Crippen LogP contribution in [0, 0.1) is 0 Å². The van der Waals surface area contributed by atoms with Gasteiger partial charge in [-0.3, -0.25) is 10.9 Å². The molecule has 0 saturated carbocycles. The molecule has 0 saturated heterocycles. The van der Waals surface area contributed by atoms with Gasteiger partial charge in [-0.2, -0.15) is 0 Å². The van der Waals surface area contributed by atoms with Crippen molar-refractivity contribution in [3.63, 3.8) is 0 Å². The minimum absolute atomic E-state index is 0.0910. The fourth-order valence-corrected chi connectivity index (χ4v) is 0. The Balaban J connectivity index is 1.97. The number of hydrazine groups is 1. The Morgan fingerprint density at radius 3 is 2.25 bits per heavy atom. The average molecular weight is 92.2 g/mol. The van der Waals surface area contributed by atoms with Crippen LogP contribution in [-0.4, -0.2) is 19.0 Å². The Labute approximate surface area is 30.8 Å². The summed E-state index contributed by atoms with van der Waals surface area (Å²) in [5.74, 6) is 4.87. The van der Waals surface area contributed by atoms with Crippen LogP contribution in [0.25, 0.3) is 0 Å². The van der Waals surface area contributed by atoms with Crippen molar-refractivity contribution in [3.05, 3.63) is 0 Å². The lowest BCUT2D eigenvalue weighted by Crippen LogP contribution is -2.26. The molecule has 0 unspecified atom stereocenters. The zero-order valence-electron chi connectivity index (χ0n) is 2.78. The van der Waals surface area contributed by atoms with Crippen LogP contribution in [0.1, 0.15) is 0 Å². The molecule has 0 aliphatic rings. The average Bonchev–Trinajstić information content (AvgIpc) is 1.37. The van der Waals surface area contributed by atoms with E-state index >= 15 is 0 Å². The Morgan fingerprint density at radius 1 is 2.00 bits per heavy atom. The topological polar surface area (TPSA) is 38.0 Å². The highest BCUT2D eigenvalue weighted by Gasteiger charge is 1.53. The maximum absolute atomic E-state index is 4.87. The number of nitrogens with two attached hydrogens (primary N) is 1. The minimum atomic E-state index is 0.0910. The fourth-order valence-electron chi connectivity index (χ4n) is 0. The van der Waals surface area contributed by atoms with E-state index in [0.29, 0.717) is 0 Å². The molecular weight excluding hydrogens is 84.2 g/mol. The van der Waals surface area contributed by atoms with Gasteiger partial charge in [0.2, 0.25) is 0 Å². The van der Waals surface area contributed by atoms with Gasteiger partial charge in [-0.1, -0.05) is 0 Å². The highest BCUT2D eigenvalue weighted by Crippen LogP contribution is 1.07. The molecule has 2 nitrogen and oxygen atoms in total. The normalized spacial score (nSPS) is 11.2. The summed E-state index contributed by atoms with van der Waals surface area (Å²) in [7, 11) is 1.38. The van der Waals surface area contributed by atoms with Gasteiger partial charge >= 0.3 is 0 Å². The molecule has 3 N–H and O–H groups in total. The molecule has 4 heavy (non-hydrogen) atoms. The van der Waals surface area contributed by atoms with E-state index in [2.05, 4.69) is 5.09 Å². The SMILES string of the molecule is NN[SiH2][SiH3]. The van der Waals surface area contributed by atoms with E-state index in [1.165, 1.54) is 9.76 Å². The molecule has 0 bridgehead atoms. The zero-order chi connectivity index (χ0) is 3.41. The number of rotatable bonds is 1. The predicted molar refractivity (Wildman–Crippen MR) is 25.8 cm³/mol. The van der Waals surface area contributed by atoms with Gasteiger partial charge in [0.25, 0.3) is 0 Å². The van der Waals surface area contributed by atoms with Crippen molar-refractivity contribution in [3.8, 4) is 0 Å². The molecule has 0 aliphatic heterocycles. The van der Waals surface area contributed by atoms with Crippen LogP contribution in [0.4, 0.5) is 0 Å². The summed E-state index contributed by atoms with van der Waals surface area (Å²) in [6.07, 6.45) is 0. The monoisotopic (exact) mass is 92.0 g/mol. The van der Waals surface area contributed by atoms with Crippen LogP contribution < -0.4 is 10.9 Å². The van der Waals surface area contributed by atoms with Crippen molar-refractivity contribution in [2.24, 2.45) is 5.84 Å². The first-order chi connectivity index (χ1) is 1.91.